The van der Waals surface area contributed by atoms with Gasteiger partial charge in [-0.1, -0.05) is 17.7 Å². The Morgan fingerprint density at radius 3 is 2.88 bits per heavy atom. The van der Waals surface area contributed by atoms with Gasteiger partial charge in [0.1, 0.15) is 5.82 Å². The highest BCUT2D eigenvalue weighted by Gasteiger charge is 2.18. The van der Waals surface area contributed by atoms with Crippen LogP contribution >= 0.6 is 11.6 Å². The largest absolute Gasteiger partial charge is 0.392 e. The van der Waals surface area contributed by atoms with Gasteiger partial charge in [0.15, 0.2) is 0 Å². The Kier molecular flexibility index (Phi) is 5.33. The van der Waals surface area contributed by atoms with Gasteiger partial charge in [0.05, 0.1) is 12.3 Å². The summed E-state index contributed by atoms with van der Waals surface area (Å²) in [7, 11) is 2.14. The third-order valence-corrected chi connectivity index (χ3v) is 4.69. The number of nitrogens with zero attached hydrogens (tertiary/aromatic N) is 3. The van der Waals surface area contributed by atoms with E-state index in [-0.39, 0.29) is 6.61 Å². The normalized spacial score (nSPS) is 18.6. The molecule has 0 spiro atoms. The van der Waals surface area contributed by atoms with Gasteiger partial charge in [-0.3, -0.25) is 0 Å². The molecule has 2 heterocycles. The molecule has 0 aliphatic carbocycles. The van der Waals surface area contributed by atoms with Crippen LogP contribution in [0.5, 0.6) is 0 Å². The van der Waals surface area contributed by atoms with Crippen molar-refractivity contribution in [2.75, 3.05) is 25.5 Å². The number of aliphatic hydroxyl groups excluding tert-OH is 1. The topological polar surface area (TPSA) is 61.3 Å². The van der Waals surface area contributed by atoms with E-state index in [1.54, 1.807) is 12.1 Å². The number of aliphatic hydroxyl groups is 1. The molecule has 0 saturated carbocycles. The fourth-order valence-electron chi connectivity index (χ4n) is 3.24. The van der Waals surface area contributed by atoms with Crippen LogP contribution in [0.25, 0.3) is 11.3 Å². The monoisotopic (exact) mass is 346 g/mol. The summed E-state index contributed by atoms with van der Waals surface area (Å²) in [6.07, 6.45) is 2.35. The highest BCUT2D eigenvalue weighted by atomic mass is 35.5. The van der Waals surface area contributed by atoms with Crippen molar-refractivity contribution in [3.63, 3.8) is 0 Å². The molecule has 1 aliphatic rings. The van der Waals surface area contributed by atoms with Crippen LogP contribution < -0.4 is 5.32 Å². The van der Waals surface area contributed by atoms with Crippen LogP contribution in [-0.2, 0) is 6.61 Å². The molecule has 0 radical (unpaired) electrons. The number of benzene rings is 1. The van der Waals surface area contributed by atoms with E-state index >= 15 is 0 Å². The number of anilines is 1. The Hall–Kier alpha value is -1.69. The molecule has 2 N–H and O–H groups in total. The molecule has 1 atom stereocenters. The fraction of sp³-hybridized carbons (Fsp3) is 0.444. The van der Waals surface area contributed by atoms with E-state index in [9.17, 15) is 5.11 Å². The quantitative estimate of drug-likeness (QED) is 0.890. The van der Waals surface area contributed by atoms with Gasteiger partial charge >= 0.3 is 0 Å². The summed E-state index contributed by atoms with van der Waals surface area (Å²) < 4.78 is 0. The highest BCUT2D eigenvalue weighted by Crippen LogP contribution is 2.28. The number of aryl methyl sites for hydroxylation is 1. The van der Waals surface area contributed by atoms with Crippen LogP contribution in [0.15, 0.2) is 24.3 Å². The lowest BCUT2D eigenvalue weighted by atomic mass is 10.0. The molecule has 5 nitrogen and oxygen atoms in total. The number of nitrogens with one attached hydrogen (secondary N) is 1. The smallest absolute Gasteiger partial charge is 0.149 e. The Bertz CT molecular complexity index is 722. The molecule has 2 aromatic rings. The molecule has 24 heavy (non-hydrogen) atoms. The fourth-order valence-corrected chi connectivity index (χ4v) is 3.43. The summed E-state index contributed by atoms with van der Waals surface area (Å²) in [4.78, 5) is 2.33. The first-order chi connectivity index (χ1) is 11.6. The summed E-state index contributed by atoms with van der Waals surface area (Å²) in [6, 6.07) is 7.89. The Morgan fingerprint density at radius 2 is 2.17 bits per heavy atom. The second-order valence-corrected chi connectivity index (χ2v) is 6.90. The van der Waals surface area contributed by atoms with E-state index < -0.39 is 0 Å². The van der Waals surface area contributed by atoms with E-state index in [0.29, 0.717) is 11.1 Å². The van der Waals surface area contributed by atoms with Crippen molar-refractivity contribution >= 4 is 17.4 Å². The van der Waals surface area contributed by atoms with Gasteiger partial charge in [-0.05, 0) is 62.7 Å². The lowest BCUT2D eigenvalue weighted by Crippen LogP contribution is -2.39. The van der Waals surface area contributed by atoms with Crippen LogP contribution in [0.1, 0.15) is 24.0 Å². The molecule has 1 aliphatic heterocycles. The van der Waals surface area contributed by atoms with Crippen molar-refractivity contribution in [2.24, 2.45) is 0 Å². The molecule has 1 aromatic heterocycles. The van der Waals surface area contributed by atoms with Crippen LogP contribution in [0.2, 0.25) is 5.02 Å². The predicted molar refractivity (Wildman–Crippen MR) is 97.3 cm³/mol. The first-order valence-corrected chi connectivity index (χ1v) is 8.63. The number of likely N-dealkylation sites (N-methyl/N-ethyl adjacent to an activating group) is 1. The standard InChI is InChI=1S/C18H23ClN4O/c1-12-8-17(20-15-4-3-7-23(2)10-15)21-22-18(12)16-6-5-14(19)9-13(16)11-24/h5-6,8-9,15,24H,3-4,7,10-11H2,1-2H3,(H,20,21)/t15-/m1/s1. The summed E-state index contributed by atoms with van der Waals surface area (Å²) in [5.41, 5.74) is 3.43. The first kappa shape index (κ1) is 17.1. The zero-order valence-electron chi connectivity index (χ0n) is 14.1. The maximum absolute atomic E-state index is 9.57. The van der Waals surface area contributed by atoms with Crippen molar-refractivity contribution in [3.05, 3.63) is 40.4 Å². The van der Waals surface area contributed by atoms with Gasteiger partial charge in [-0.15, -0.1) is 10.2 Å². The number of hydrogen-bond acceptors (Lipinski definition) is 5. The van der Waals surface area contributed by atoms with Crippen LogP contribution in [0.4, 0.5) is 5.82 Å². The zero-order valence-corrected chi connectivity index (χ0v) is 14.8. The SMILES string of the molecule is Cc1cc(N[C@@H]2CCCN(C)C2)nnc1-c1ccc(Cl)cc1CO. The minimum absolute atomic E-state index is 0.0780. The van der Waals surface area contributed by atoms with Gasteiger partial charge < -0.3 is 15.3 Å². The number of piperidine rings is 1. The first-order valence-electron chi connectivity index (χ1n) is 8.26. The predicted octanol–water partition coefficient (Wildman–Crippen LogP) is 3.10. The molecule has 0 amide bonds. The molecular weight excluding hydrogens is 324 g/mol. The number of rotatable bonds is 4. The van der Waals surface area contributed by atoms with Gasteiger partial charge in [0.25, 0.3) is 0 Å². The van der Waals surface area contributed by atoms with Crippen molar-refractivity contribution < 1.29 is 5.11 Å². The lowest BCUT2D eigenvalue weighted by Gasteiger charge is -2.30. The van der Waals surface area contributed by atoms with Crippen molar-refractivity contribution in [3.8, 4) is 11.3 Å². The second kappa shape index (κ2) is 7.47. The third kappa shape index (κ3) is 3.86. The summed E-state index contributed by atoms with van der Waals surface area (Å²) in [5, 5.41) is 22.4. The Morgan fingerprint density at radius 1 is 1.33 bits per heavy atom. The number of halogens is 1. The van der Waals surface area contributed by atoms with Gasteiger partial charge in [-0.25, -0.2) is 0 Å². The molecule has 3 rings (SSSR count). The van der Waals surface area contributed by atoms with Crippen LogP contribution in [-0.4, -0.2) is 46.4 Å². The van der Waals surface area contributed by atoms with E-state index in [1.807, 2.05) is 19.1 Å². The average Bonchev–Trinajstić information content (AvgIpc) is 2.55. The van der Waals surface area contributed by atoms with Crippen molar-refractivity contribution in [1.82, 2.24) is 15.1 Å². The third-order valence-electron chi connectivity index (χ3n) is 4.45. The van der Waals surface area contributed by atoms with E-state index in [2.05, 4.69) is 27.5 Å². The Labute approximate surface area is 147 Å². The van der Waals surface area contributed by atoms with E-state index in [0.717, 1.165) is 47.7 Å². The molecule has 1 aromatic carbocycles. The molecule has 128 valence electrons. The van der Waals surface area contributed by atoms with Gasteiger partial charge in [0.2, 0.25) is 0 Å². The maximum atomic E-state index is 9.57. The van der Waals surface area contributed by atoms with Crippen molar-refractivity contribution in [1.29, 1.82) is 0 Å². The van der Waals surface area contributed by atoms with Gasteiger partial charge in [0, 0.05) is 23.2 Å². The maximum Gasteiger partial charge on any atom is 0.149 e. The van der Waals surface area contributed by atoms with Crippen LogP contribution in [0, 0.1) is 6.92 Å². The summed E-state index contributed by atoms with van der Waals surface area (Å²) >= 11 is 6.01. The molecular formula is C18H23ClN4O. The highest BCUT2D eigenvalue weighted by molar-refractivity contribution is 6.30. The summed E-state index contributed by atoms with van der Waals surface area (Å²) in [6.45, 7) is 4.11. The second-order valence-electron chi connectivity index (χ2n) is 6.47. The average molecular weight is 347 g/mol. The van der Waals surface area contributed by atoms with E-state index in [1.165, 1.54) is 6.42 Å². The minimum Gasteiger partial charge on any atom is -0.392 e. The zero-order chi connectivity index (χ0) is 17.1. The van der Waals surface area contributed by atoms with E-state index in [4.69, 9.17) is 11.6 Å². The van der Waals surface area contributed by atoms with Crippen molar-refractivity contribution in [2.45, 2.75) is 32.4 Å². The Balaban J connectivity index is 1.82. The molecule has 6 heteroatoms. The number of hydrogen-bond donors (Lipinski definition) is 2. The minimum atomic E-state index is -0.0780. The number of aromatic nitrogens is 2. The van der Waals surface area contributed by atoms with Crippen LogP contribution in [0.3, 0.4) is 0 Å². The molecule has 1 saturated heterocycles. The molecule has 0 unspecified atom stereocenters. The molecule has 1 fully saturated rings. The number of likely N-dealkylation sites (tertiary alicyclic amines) is 1. The molecule has 0 bridgehead atoms. The van der Waals surface area contributed by atoms with Gasteiger partial charge in [-0.2, -0.15) is 0 Å². The summed E-state index contributed by atoms with van der Waals surface area (Å²) in [5.74, 6) is 0.802. The lowest BCUT2D eigenvalue weighted by molar-refractivity contribution is 0.260.